The van der Waals surface area contributed by atoms with Crippen molar-refractivity contribution in [2.75, 3.05) is 6.61 Å². The molecule has 0 aromatic heterocycles. The summed E-state index contributed by atoms with van der Waals surface area (Å²) in [5.74, 6) is 1.78. The van der Waals surface area contributed by atoms with Crippen LogP contribution in [0.3, 0.4) is 0 Å². The van der Waals surface area contributed by atoms with E-state index in [0.717, 1.165) is 18.4 Å². The number of hydrogen-bond donors (Lipinski definition) is 0. The Bertz CT molecular complexity index is 293. The monoisotopic (exact) mass is 236 g/mol. The fourth-order valence-corrected chi connectivity index (χ4v) is 4.93. The van der Waals surface area contributed by atoms with Crippen molar-refractivity contribution in [2.24, 2.45) is 22.7 Å². The van der Waals surface area contributed by atoms with Crippen molar-refractivity contribution in [3.8, 4) is 0 Å². The zero-order valence-electron chi connectivity index (χ0n) is 12.0. The third kappa shape index (κ3) is 1.61. The van der Waals surface area contributed by atoms with Crippen LogP contribution >= 0.6 is 0 Å². The molecule has 2 aliphatic heterocycles. The minimum atomic E-state index is 0.232. The Labute approximate surface area is 106 Å². The highest BCUT2D eigenvalue weighted by Crippen LogP contribution is 2.62. The van der Waals surface area contributed by atoms with Crippen molar-refractivity contribution in [1.29, 1.82) is 0 Å². The van der Waals surface area contributed by atoms with E-state index in [0.29, 0.717) is 10.8 Å². The van der Waals surface area contributed by atoms with Gasteiger partial charge in [-0.05, 0) is 68.1 Å². The van der Waals surface area contributed by atoms with Crippen LogP contribution in [-0.4, -0.2) is 12.2 Å². The van der Waals surface area contributed by atoms with Crippen molar-refractivity contribution >= 4 is 0 Å². The largest absolute Gasteiger partial charge is 0.375 e. The molecule has 0 spiro atoms. The lowest BCUT2D eigenvalue weighted by molar-refractivity contribution is -0.202. The second kappa shape index (κ2) is 3.50. The van der Waals surface area contributed by atoms with E-state index in [9.17, 15) is 0 Å². The summed E-state index contributed by atoms with van der Waals surface area (Å²) in [5.41, 5.74) is 1.29. The SMILES string of the molecule is CC1CCC(C23CCC(C)(CC2)OC3)C1(C)C. The number of fused-ring (bicyclic) bond motifs is 3. The number of ether oxygens (including phenoxy) is 1. The summed E-state index contributed by atoms with van der Waals surface area (Å²) in [6.45, 7) is 10.8. The van der Waals surface area contributed by atoms with Crippen LogP contribution in [-0.2, 0) is 4.74 Å². The van der Waals surface area contributed by atoms with Crippen molar-refractivity contribution < 1.29 is 4.74 Å². The molecule has 2 atom stereocenters. The Morgan fingerprint density at radius 1 is 0.941 bits per heavy atom. The topological polar surface area (TPSA) is 9.23 Å². The van der Waals surface area contributed by atoms with Gasteiger partial charge >= 0.3 is 0 Å². The second-order valence-electron chi connectivity index (χ2n) is 7.95. The fourth-order valence-electron chi connectivity index (χ4n) is 4.93. The lowest BCUT2D eigenvalue weighted by Crippen LogP contribution is -2.54. The molecule has 0 aromatic carbocycles. The zero-order valence-corrected chi connectivity index (χ0v) is 12.0. The highest BCUT2D eigenvalue weighted by molar-refractivity contribution is 5.06. The van der Waals surface area contributed by atoms with Gasteiger partial charge in [0.25, 0.3) is 0 Å². The first-order valence-electron chi connectivity index (χ1n) is 7.52. The molecule has 0 N–H and O–H groups in total. The summed E-state index contributed by atoms with van der Waals surface area (Å²) in [5, 5.41) is 0. The van der Waals surface area contributed by atoms with Crippen LogP contribution in [0, 0.1) is 22.7 Å². The highest BCUT2D eigenvalue weighted by atomic mass is 16.5. The molecule has 2 unspecified atom stereocenters. The van der Waals surface area contributed by atoms with Gasteiger partial charge in [0, 0.05) is 0 Å². The third-order valence-corrected chi connectivity index (χ3v) is 6.81. The van der Waals surface area contributed by atoms with Gasteiger partial charge in [0.1, 0.15) is 0 Å². The van der Waals surface area contributed by atoms with E-state index in [1.54, 1.807) is 0 Å². The van der Waals surface area contributed by atoms with Crippen LogP contribution in [0.25, 0.3) is 0 Å². The Kier molecular flexibility index (Phi) is 2.47. The van der Waals surface area contributed by atoms with E-state index in [1.165, 1.54) is 38.5 Å². The number of rotatable bonds is 1. The Hall–Kier alpha value is -0.0400. The van der Waals surface area contributed by atoms with Crippen LogP contribution in [0.15, 0.2) is 0 Å². The molecule has 0 amide bonds. The Morgan fingerprint density at radius 3 is 2.00 bits per heavy atom. The summed E-state index contributed by atoms with van der Waals surface area (Å²) in [6, 6.07) is 0. The molecular weight excluding hydrogens is 208 g/mol. The highest BCUT2D eigenvalue weighted by Gasteiger charge is 2.57. The molecule has 98 valence electrons. The van der Waals surface area contributed by atoms with Gasteiger partial charge < -0.3 is 4.74 Å². The standard InChI is InChI=1S/C16H28O/c1-12-5-6-13(14(12,2)3)16-9-7-15(4,8-10-16)17-11-16/h12-13H,5-11H2,1-4H3. The van der Waals surface area contributed by atoms with Crippen LogP contribution in [0.1, 0.15) is 66.2 Å². The minimum Gasteiger partial charge on any atom is -0.375 e. The van der Waals surface area contributed by atoms with Gasteiger partial charge in [-0.1, -0.05) is 20.8 Å². The summed E-state index contributed by atoms with van der Waals surface area (Å²) < 4.78 is 6.21. The molecule has 2 saturated carbocycles. The molecular formula is C16H28O. The first-order chi connectivity index (χ1) is 7.88. The second-order valence-corrected chi connectivity index (χ2v) is 7.95. The van der Waals surface area contributed by atoms with Crippen LogP contribution in [0.2, 0.25) is 0 Å². The molecule has 0 radical (unpaired) electrons. The Morgan fingerprint density at radius 2 is 1.59 bits per heavy atom. The van der Waals surface area contributed by atoms with Gasteiger partial charge in [0.15, 0.2) is 0 Å². The summed E-state index contributed by atoms with van der Waals surface area (Å²) >= 11 is 0. The molecule has 2 heterocycles. The van der Waals surface area contributed by atoms with Crippen molar-refractivity contribution in [3.63, 3.8) is 0 Å². The van der Waals surface area contributed by atoms with E-state index < -0.39 is 0 Å². The van der Waals surface area contributed by atoms with Gasteiger partial charge in [-0.2, -0.15) is 0 Å². The Balaban J connectivity index is 1.85. The van der Waals surface area contributed by atoms with Crippen molar-refractivity contribution in [2.45, 2.75) is 71.8 Å². The molecule has 4 aliphatic rings. The van der Waals surface area contributed by atoms with Crippen molar-refractivity contribution in [1.82, 2.24) is 0 Å². The van der Waals surface area contributed by atoms with E-state index in [1.807, 2.05) is 0 Å². The summed E-state index contributed by atoms with van der Waals surface area (Å²) in [7, 11) is 0. The first kappa shape index (κ1) is 12.0. The summed E-state index contributed by atoms with van der Waals surface area (Å²) in [6.07, 6.45) is 8.31. The quantitative estimate of drug-likeness (QED) is 0.655. The van der Waals surface area contributed by atoms with Gasteiger partial charge in [-0.3, -0.25) is 0 Å². The molecule has 17 heavy (non-hydrogen) atoms. The van der Waals surface area contributed by atoms with E-state index in [4.69, 9.17) is 4.74 Å². The molecule has 2 bridgehead atoms. The maximum Gasteiger partial charge on any atom is 0.0655 e. The van der Waals surface area contributed by atoms with Gasteiger partial charge in [0.05, 0.1) is 12.2 Å². The molecule has 4 fully saturated rings. The molecule has 2 aliphatic carbocycles. The lowest BCUT2D eigenvalue weighted by Gasteiger charge is -2.57. The van der Waals surface area contributed by atoms with Gasteiger partial charge in [-0.15, -0.1) is 0 Å². The van der Waals surface area contributed by atoms with Crippen LogP contribution in [0.5, 0.6) is 0 Å². The van der Waals surface area contributed by atoms with E-state index in [-0.39, 0.29) is 5.60 Å². The first-order valence-corrected chi connectivity index (χ1v) is 7.52. The average Bonchev–Trinajstić information content (AvgIpc) is 2.56. The zero-order chi connectivity index (χ0) is 12.3. The van der Waals surface area contributed by atoms with E-state index >= 15 is 0 Å². The lowest BCUT2D eigenvalue weighted by atomic mass is 9.55. The van der Waals surface area contributed by atoms with E-state index in [2.05, 4.69) is 27.7 Å². The number of hydrogen-bond acceptors (Lipinski definition) is 1. The normalized spacial score (nSPS) is 52.9. The van der Waals surface area contributed by atoms with Crippen LogP contribution < -0.4 is 0 Å². The average molecular weight is 236 g/mol. The fraction of sp³-hybridized carbons (Fsp3) is 1.00. The molecule has 4 rings (SSSR count). The maximum absolute atomic E-state index is 6.21. The van der Waals surface area contributed by atoms with Crippen LogP contribution in [0.4, 0.5) is 0 Å². The molecule has 2 saturated heterocycles. The van der Waals surface area contributed by atoms with Gasteiger partial charge in [-0.25, -0.2) is 0 Å². The van der Waals surface area contributed by atoms with Crippen molar-refractivity contribution in [3.05, 3.63) is 0 Å². The summed E-state index contributed by atoms with van der Waals surface area (Å²) in [4.78, 5) is 0. The molecule has 0 aromatic rings. The third-order valence-electron chi connectivity index (χ3n) is 6.81. The maximum atomic E-state index is 6.21. The molecule has 1 heteroatoms. The predicted octanol–water partition coefficient (Wildman–Crippen LogP) is 4.41. The molecule has 1 nitrogen and oxygen atoms in total. The minimum absolute atomic E-state index is 0.232. The van der Waals surface area contributed by atoms with Gasteiger partial charge in [0.2, 0.25) is 0 Å². The predicted molar refractivity (Wildman–Crippen MR) is 70.9 cm³/mol. The smallest absolute Gasteiger partial charge is 0.0655 e.